The van der Waals surface area contributed by atoms with Gasteiger partial charge in [0.1, 0.15) is 11.4 Å². The van der Waals surface area contributed by atoms with E-state index in [-0.39, 0.29) is 13.2 Å². The summed E-state index contributed by atoms with van der Waals surface area (Å²) in [6.07, 6.45) is 0.913. The summed E-state index contributed by atoms with van der Waals surface area (Å²) in [6.45, 7) is 4.15. The number of ether oxygens (including phenoxy) is 1. The highest BCUT2D eigenvalue weighted by Gasteiger charge is 2.18. The van der Waals surface area contributed by atoms with Crippen LogP contribution in [-0.4, -0.2) is 35.6 Å². The highest BCUT2D eigenvalue weighted by Crippen LogP contribution is 2.25. The van der Waals surface area contributed by atoms with E-state index in [1.54, 1.807) is 19.1 Å². The average Bonchev–Trinajstić information content (AvgIpc) is 2.36. The van der Waals surface area contributed by atoms with Gasteiger partial charge in [-0.2, -0.15) is 0 Å². The first kappa shape index (κ1) is 14.6. The molecule has 5 heteroatoms. The van der Waals surface area contributed by atoms with Crippen molar-refractivity contribution in [1.82, 2.24) is 0 Å². The molecule has 1 aromatic carbocycles. The number of nitrogen functional groups attached to an aromatic ring is 1. The molecule has 0 saturated carbocycles. The predicted molar refractivity (Wildman–Crippen MR) is 72.8 cm³/mol. The highest BCUT2D eigenvalue weighted by atomic mass is 16.5. The fourth-order valence-electron chi connectivity index (χ4n) is 1.33. The number of hydrogen-bond donors (Lipinski definition) is 4. The van der Waals surface area contributed by atoms with Gasteiger partial charge in [0.15, 0.2) is 0 Å². The Kier molecular flexibility index (Phi) is 5.25. The van der Waals surface area contributed by atoms with E-state index in [1.807, 2.05) is 13.0 Å². The van der Waals surface area contributed by atoms with Crippen LogP contribution in [0.3, 0.4) is 0 Å². The summed E-state index contributed by atoms with van der Waals surface area (Å²) in [5, 5.41) is 21.7. The lowest BCUT2D eigenvalue weighted by atomic mass is 10.1. The summed E-state index contributed by atoms with van der Waals surface area (Å²) >= 11 is 0. The number of nitrogens with one attached hydrogen (secondary N) is 1. The zero-order valence-corrected chi connectivity index (χ0v) is 10.9. The fraction of sp³-hybridized carbons (Fsp3) is 0.538. The molecule has 0 bridgehead atoms. The Bertz CT molecular complexity index is 380. The van der Waals surface area contributed by atoms with Crippen LogP contribution in [0.2, 0.25) is 0 Å². The fourth-order valence-corrected chi connectivity index (χ4v) is 1.33. The number of nitrogens with two attached hydrogens (primary N) is 1. The van der Waals surface area contributed by atoms with Gasteiger partial charge in [-0.25, -0.2) is 0 Å². The molecule has 102 valence electrons. The normalized spacial score (nSPS) is 14.0. The van der Waals surface area contributed by atoms with Crippen LogP contribution in [0, 0.1) is 0 Å². The van der Waals surface area contributed by atoms with Crippen LogP contribution in [0.5, 0.6) is 5.75 Å². The van der Waals surface area contributed by atoms with E-state index in [9.17, 15) is 5.11 Å². The first-order chi connectivity index (χ1) is 8.48. The third-order valence-corrected chi connectivity index (χ3v) is 2.49. The largest absolute Gasteiger partial charge is 0.491 e. The van der Waals surface area contributed by atoms with Gasteiger partial charge in [-0.1, -0.05) is 6.92 Å². The summed E-state index contributed by atoms with van der Waals surface area (Å²) in [5.74, 6) is 0.630. The number of hydrogen-bond acceptors (Lipinski definition) is 5. The first-order valence-electron chi connectivity index (χ1n) is 6.08. The smallest absolute Gasteiger partial charge is 0.144 e. The molecular formula is C13H22N2O3. The van der Waals surface area contributed by atoms with Crippen LogP contribution in [0.25, 0.3) is 0 Å². The lowest BCUT2D eigenvalue weighted by molar-refractivity contribution is 0.0132. The second-order valence-electron chi connectivity index (χ2n) is 4.61. The molecule has 0 aliphatic carbocycles. The third-order valence-electron chi connectivity index (χ3n) is 2.49. The number of aliphatic hydroxyl groups excluding tert-OH is 1. The second-order valence-corrected chi connectivity index (χ2v) is 4.61. The average molecular weight is 254 g/mol. The number of benzene rings is 1. The van der Waals surface area contributed by atoms with E-state index >= 15 is 0 Å². The number of anilines is 2. The molecule has 0 aliphatic rings. The topological polar surface area (TPSA) is 87.7 Å². The monoisotopic (exact) mass is 254 g/mol. The quantitative estimate of drug-likeness (QED) is 0.549. The molecule has 0 aliphatic heterocycles. The van der Waals surface area contributed by atoms with E-state index < -0.39 is 5.60 Å². The molecule has 0 heterocycles. The maximum Gasteiger partial charge on any atom is 0.144 e. The first-order valence-corrected chi connectivity index (χ1v) is 6.08. The number of rotatable bonds is 7. The van der Waals surface area contributed by atoms with Gasteiger partial charge in [-0.15, -0.1) is 0 Å². The second kappa shape index (κ2) is 6.47. The molecule has 0 aromatic heterocycles. The van der Waals surface area contributed by atoms with Crippen molar-refractivity contribution in [2.75, 3.05) is 30.8 Å². The van der Waals surface area contributed by atoms with Gasteiger partial charge in [0.05, 0.1) is 18.9 Å². The molecule has 0 saturated heterocycles. The number of aliphatic hydroxyl groups is 2. The molecule has 1 rings (SSSR count). The van der Waals surface area contributed by atoms with Crippen LogP contribution >= 0.6 is 0 Å². The van der Waals surface area contributed by atoms with Crippen molar-refractivity contribution in [2.24, 2.45) is 0 Å². The van der Waals surface area contributed by atoms with Gasteiger partial charge >= 0.3 is 0 Å². The van der Waals surface area contributed by atoms with E-state index in [0.717, 1.165) is 12.1 Å². The molecule has 0 spiro atoms. The summed E-state index contributed by atoms with van der Waals surface area (Å²) in [7, 11) is 0. The maximum absolute atomic E-state index is 9.68. The van der Waals surface area contributed by atoms with Crippen molar-refractivity contribution in [3.05, 3.63) is 18.2 Å². The Morgan fingerprint density at radius 2 is 2.17 bits per heavy atom. The Morgan fingerprint density at radius 1 is 1.44 bits per heavy atom. The summed E-state index contributed by atoms with van der Waals surface area (Å²) in [4.78, 5) is 0. The third kappa shape index (κ3) is 4.43. The molecule has 0 radical (unpaired) electrons. The van der Waals surface area contributed by atoms with Crippen molar-refractivity contribution in [3.63, 3.8) is 0 Å². The SMILES string of the molecule is CCCOc1cc(NCC(C)(O)CO)ccc1N. The molecule has 18 heavy (non-hydrogen) atoms. The summed E-state index contributed by atoms with van der Waals surface area (Å²) < 4.78 is 5.51. The summed E-state index contributed by atoms with van der Waals surface area (Å²) in [5.41, 5.74) is 6.03. The van der Waals surface area contributed by atoms with E-state index in [1.165, 1.54) is 0 Å². The van der Waals surface area contributed by atoms with Crippen LogP contribution in [0.1, 0.15) is 20.3 Å². The Morgan fingerprint density at radius 3 is 2.78 bits per heavy atom. The minimum absolute atomic E-state index is 0.251. The lowest BCUT2D eigenvalue weighted by Gasteiger charge is -2.21. The van der Waals surface area contributed by atoms with Gasteiger partial charge < -0.3 is 26.0 Å². The minimum atomic E-state index is -1.15. The van der Waals surface area contributed by atoms with Crippen molar-refractivity contribution < 1.29 is 14.9 Å². The highest BCUT2D eigenvalue weighted by molar-refractivity contribution is 5.61. The van der Waals surface area contributed by atoms with Crippen LogP contribution in [0.4, 0.5) is 11.4 Å². The molecule has 1 aromatic rings. The van der Waals surface area contributed by atoms with Crippen LogP contribution < -0.4 is 15.8 Å². The predicted octanol–water partition coefficient (Wildman–Crippen LogP) is 1.21. The summed E-state index contributed by atoms with van der Waals surface area (Å²) in [6, 6.07) is 5.35. The van der Waals surface area contributed by atoms with Crippen molar-refractivity contribution in [3.8, 4) is 5.75 Å². The zero-order valence-electron chi connectivity index (χ0n) is 10.9. The molecule has 5 nitrogen and oxygen atoms in total. The molecule has 0 fully saturated rings. The van der Waals surface area contributed by atoms with Crippen LogP contribution in [0.15, 0.2) is 18.2 Å². The van der Waals surface area contributed by atoms with Crippen molar-refractivity contribution in [2.45, 2.75) is 25.9 Å². The van der Waals surface area contributed by atoms with Crippen molar-refractivity contribution in [1.29, 1.82) is 0 Å². The standard InChI is InChI=1S/C13H22N2O3/c1-3-6-18-12-7-10(4-5-11(12)14)15-8-13(2,17)9-16/h4-5,7,15-17H,3,6,8-9,14H2,1-2H3. The van der Waals surface area contributed by atoms with Gasteiger partial charge in [0, 0.05) is 18.3 Å². The lowest BCUT2D eigenvalue weighted by Crippen LogP contribution is -2.37. The Hall–Kier alpha value is -1.46. The van der Waals surface area contributed by atoms with Crippen molar-refractivity contribution >= 4 is 11.4 Å². The molecule has 1 unspecified atom stereocenters. The molecule has 1 atom stereocenters. The molecular weight excluding hydrogens is 232 g/mol. The molecule has 5 N–H and O–H groups in total. The van der Waals surface area contributed by atoms with Gasteiger partial charge in [-0.05, 0) is 25.5 Å². The maximum atomic E-state index is 9.68. The zero-order chi connectivity index (χ0) is 13.6. The van der Waals surface area contributed by atoms with Gasteiger partial charge in [0.25, 0.3) is 0 Å². The van der Waals surface area contributed by atoms with Gasteiger partial charge in [0.2, 0.25) is 0 Å². The molecule has 0 amide bonds. The Balaban J connectivity index is 2.67. The van der Waals surface area contributed by atoms with Crippen LogP contribution in [-0.2, 0) is 0 Å². The van der Waals surface area contributed by atoms with E-state index in [4.69, 9.17) is 15.6 Å². The van der Waals surface area contributed by atoms with E-state index in [2.05, 4.69) is 5.32 Å². The van der Waals surface area contributed by atoms with E-state index in [0.29, 0.717) is 18.0 Å². The van der Waals surface area contributed by atoms with Gasteiger partial charge in [-0.3, -0.25) is 0 Å². The minimum Gasteiger partial charge on any atom is -0.491 e. The Labute approximate surface area is 108 Å².